The van der Waals surface area contributed by atoms with E-state index in [1.807, 2.05) is 60.0 Å². The van der Waals surface area contributed by atoms with Crippen LogP contribution in [0, 0.1) is 0 Å². The quantitative estimate of drug-likeness (QED) is 0.222. The molecule has 3 aliphatic heterocycles. The third-order valence-electron chi connectivity index (χ3n) is 9.06. The zero-order valence-electron chi connectivity index (χ0n) is 27.7. The number of carboxylic acid groups (broad SMARTS) is 1. The van der Waals surface area contributed by atoms with Crippen LogP contribution in [0.25, 0.3) is 16.7 Å². The molecule has 262 valence electrons. The Morgan fingerprint density at radius 2 is 1.59 bits per heavy atom. The molecule has 3 aromatic carbocycles. The molecule has 0 radical (unpaired) electrons. The molecule has 4 N–H and O–H groups in total. The molecule has 7 rings (SSSR count). The van der Waals surface area contributed by atoms with Gasteiger partial charge in [0.1, 0.15) is 29.9 Å². The molecule has 11 nitrogen and oxygen atoms in total. The van der Waals surface area contributed by atoms with E-state index in [9.17, 15) is 29.1 Å². The maximum absolute atomic E-state index is 14.4. The van der Waals surface area contributed by atoms with Crippen LogP contribution in [0.2, 0.25) is 0 Å². The first-order valence-electron chi connectivity index (χ1n) is 16.7. The van der Waals surface area contributed by atoms with Crippen LogP contribution in [0.5, 0.6) is 5.75 Å². The van der Waals surface area contributed by atoms with Crippen molar-refractivity contribution in [1.82, 2.24) is 20.9 Å². The monoisotopic (exact) mass is 706 g/mol. The highest BCUT2D eigenvalue weighted by atomic mass is 32.1. The second kappa shape index (κ2) is 15.9. The maximum Gasteiger partial charge on any atom is 0.326 e. The topological polar surface area (TPSA) is 154 Å². The summed E-state index contributed by atoms with van der Waals surface area (Å²) in [6.07, 6.45) is 0.928. The minimum Gasteiger partial charge on any atom is -0.484 e. The van der Waals surface area contributed by atoms with Gasteiger partial charge in [0.25, 0.3) is 5.91 Å². The van der Waals surface area contributed by atoms with E-state index in [1.165, 1.54) is 16.2 Å². The van der Waals surface area contributed by atoms with Gasteiger partial charge in [0.2, 0.25) is 17.7 Å². The lowest BCUT2D eigenvalue weighted by Crippen LogP contribution is -2.58. The van der Waals surface area contributed by atoms with Crippen molar-refractivity contribution < 1.29 is 33.8 Å². The molecular formula is C39H38N4O7S. The van der Waals surface area contributed by atoms with Crippen LogP contribution >= 0.6 is 11.3 Å². The van der Waals surface area contributed by atoms with Crippen LogP contribution < -0.4 is 20.7 Å². The Morgan fingerprint density at radius 1 is 0.863 bits per heavy atom. The van der Waals surface area contributed by atoms with Crippen molar-refractivity contribution in [3.8, 4) is 16.9 Å². The lowest BCUT2D eigenvalue weighted by atomic mass is 9.99. The van der Waals surface area contributed by atoms with Gasteiger partial charge in [0.15, 0.2) is 6.61 Å². The molecule has 3 aliphatic rings. The SMILES string of the molecule is C=C(c1cccs1)C1NC(=O)COc2ccc(cc2)CC(C(=O)O)NC(=O)C2CCCN2C(=O)C(Cc2ccc(-c3ccccc3)cc2)NC1=O. The van der Waals surface area contributed by atoms with Gasteiger partial charge in [-0.3, -0.25) is 19.2 Å². The average Bonchev–Trinajstić information content (AvgIpc) is 3.86. The van der Waals surface area contributed by atoms with E-state index >= 15 is 0 Å². The molecule has 4 heterocycles. The van der Waals surface area contributed by atoms with Crippen molar-refractivity contribution in [3.63, 3.8) is 0 Å². The highest BCUT2D eigenvalue weighted by Crippen LogP contribution is 2.25. The van der Waals surface area contributed by atoms with Crippen LogP contribution in [0.4, 0.5) is 0 Å². The summed E-state index contributed by atoms with van der Waals surface area (Å²) in [5.74, 6) is -3.19. The number of fused-ring (bicyclic) bond motifs is 13. The predicted molar refractivity (Wildman–Crippen MR) is 193 cm³/mol. The van der Waals surface area contributed by atoms with Gasteiger partial charge < -0.3 is 30.7 Å². The summed E-state index contributed by atoms with van der Waals surface area (Å²) in [6.45, 7) is 3.95. The fourth-order valence-corrected chi connectivity index (χ4v) is 7.08. The second-order valence-electron chi connectivity index (χ2n) is 12.6. The summed E-state index contributed by atoms with van der Waals surface area (Å²) >= 11 is 1.35. The van der Waals surface area contributed by atoms with Gasteiger partial charge in [-0.25, -0.2) is 4.79 Å². The Balaban J connectivity index is 1.34. The molecule has 12 heteroatoms. The zero-order chi connectivity index (χ0) is 35.9. The van der Waals surface area contributed by atoms with E-state index < -0.39 is 60.4 Å². The van der Waals surface area contributed by atoms with Crippen LogP contribution in [-0.4, -0.2) is 76.9 Å². The summed E-state index contributed by atoms with van der Waals surface area (Å²) < 4.78 is 5.67. The highest BCUT2D eigenvalue weighted by molar-refractivity contribution is 7.11. The van der Waals surface area contributed by atoms with Gasteiger partial charge >= 0.3 is 5.97 Å². The van der Waals surface area contributed by atoms with Crippen molar-refractivity contribution in [2.75, 3.05) is 13.2 Å². The molecule has 4 amide bonds. The summed E-state index contributed by atoms with van der Waals surface area (Å²) in [5.41, 5.74) is 3.72. The number of hydrogen-bond donors (Lipinski definition) is 4. The van der Waals surface area contributed by atoms with Gasteiger partial charge in [-0.05, 0) is 64.2 Å². The van der Waals surface area contributed by atoms with E-state index in [1.54, 1.807) is 36.4 Å². The molecule has 4 atom stereocenters. The number of ether oxygens (including phenoxy) is 1. The Kier molecular flexibility index (Phi) is 10.9. The van der Waals surface area contributed by atoms with Crippen LogP contribution in [-0.2, 0) is 36.8 Å². The lowest BCUT2D eigenvalue weighted by molar-refractivity contribution is -0.144. The smallest absolute Gasteiger partial charge is 0.326 e. The van der Waals surface area contributed by atoms with E-state index in [-0.39, 0.29) is 19.4 Å². The summed E-state index contributed by atoms with van der Waals surface area (Å²) in [4.78, 5) is 69.7. The molecule has 4 aromatic rings. The summed E-state index contributed by atoms with van der Waals surface area (Å²) in [5, 5.41) is 20.0. The van der Waals surface area contributed by atoms with Gasteiger partial charge in [0.05, 0.1) is 0 Å². The first-order chi connectivity index (χ1) is 24.7. The fraction of sp³-hybridized carbons (Fsp3) is 0.256. The Labute approximate surface area is 299 Å². The molecule has 4 unspecified atom stereocenters. The minimum atomic E-state index is -1.25. The number of nitrogens with one attached hydrogen (secondary N) is 3. The number of carbonyl (C=O) groups excluding carboxylic acids is 4. The normalized spacial score (nSPS) is 21.6. The number of carboxylic acids is 1. The molecular weight excluding hydrogens is 669 g/mol. The molecule has 51 heavy (non-hydrogen) atoms. The summed E-state index contributed by atoms with van der Waals surface area (Å²) in [6, 6.07) is 23.0. The van der Waals surface area contributed by atoms with Crippen molar-refractivity contribution in [2.24, 2.45) is 0 Å². The molecule has 1 aromatic heterocycles. The van der Waals surface area contributed by atoms with Gasteiger partial charge in [0, 0.05) is 24.3 Å². The number of rotatable bonds is 6. The van der Waals surface area contributed by atoms with Crippen LogP contribution in [0.3, 0.4) is 0 Å². The number of thiophene rings is 1. The molecule has 0 saturated carbocycles. The first-order valence-corrected chi connectivity index (χ1v) is 17.6. The van der Waals surface area contributed by atoms with Crippen molar-refractivity contribution in [1.29, 1.82) is 0 Å². The Morgan fingerprint density at radius 3 is 2.27 bits per heavy atom. The van der Waals surface area contributed by atoms with E-state index in [2.05, 4.69) is 22.5 Å². The van der Waals surface area contributed by atoms with E-state index in [0.717, 1.165) is 16.7 Å². The molecule has 1 saturated heterocycles. The second-order valence-corrected chi connectivity index (χ2v) is 13.5. The van der Waals surface area contributed by atoms with E-state index in [4.69, 9.17) is 4.74 Å². The van der Waals surface area contributed by atoms with Crippen molar-refractivity contribution in [3.05, 3.63) is 119 Å². The number of nitrogens with zero attached hydrogens (tertiary/aromatic N) is 1. The number of hydrogen-bond acceptors (Lipinski definition) is 7. The number of amides is 4. The lowest BCUT2D eigenvalue weighted by Gasteiger charge is -2.30. The van der Waals surface area contributed by atoms with Gasteiger partial charge in [-0.2, -0.15) is 0 Å². The fourth-order valence-electron chi connectivity index (χ4n) is 6.35. The van der Waals surface area contributed by atoms with Gasteiger partial charge in [-0.15, -0.1) is 11.3 Å². The molecule has 2 bridgehead atoms. The number of benzene rings is 3. The average molecular weight is 707 g/mol. The maximum atomic E-state index is 14.4. The highest BCUT2D eigenvalue weighted by Gasteiger charge is 2.40. The standard InChI is InChI=1S/C39H38N4O7S/c1-24(33-10-6-20-51-33)35-37(46)40-30(21-25-11-15-28(16-12-25)27-7-3-2-4-8-27)38(47)43-19-5-9-32(43)36(45)41-31(39(48)49)22-26-13-17-29(18-14-26)50-23-34(44)42-35/h2-4,6-8,10-18,20,30-32,35H,1,5,9,19,21-23H2,(H,40,46)(H,41,45)(H,42,44)(H,48,49). The Bertz CT molecular complexity index is 1900. The Hall–Kier alpha value is -5.75. The molecule has 1 fully saturated rings. The molecule has 0 spiro atoms. The minimum absolute atomic E-state index is 0.00727. The zero-order valence-corrected chi connectivity index (χ0v) is 28.6. The number of aliphatic carboxylic acids is 1. The summed E-state index contributed by atoms with van der Waals surface area (Å²) in [7, 11) is 0. The predicted octanol–water partition coefficient (Wildman–Crippen LogP) is 3.84. The third-order valence-corrected chi connectivity index (χ3v) is 10.0. The van der Waals surface area contributed by atoms with Crippen LogP contribution in [0.1, 0.15) is 28.8 Å². The largest absolute Gasteiger partial charge is 0.484 e. The first kappa shape index (κ1) is 35.1. The number of carbonyl (C=O) groups is 5. The molecule has 0 aliphatic carbocycles. The van der Waals surface area contributed by atoms with Crippen molar-refractivity contribution >= 4 is 46.5 Å². The van der Waals surface area contributed by atoms with Gasteiger partial charge in [-0.1, -0.05) is 79.4 Å². The van der Waals surface area contributed by atoms with Crippen molar-refractivity contribution in [2.45, 2.75) is 49.9 Å². The van der Waals surface area contributed by atoms with Crippen LogP contribution in [0.15, 0.2) is 103 Å². The third kappa shape index (κ3) is 8.53. The van der Waals surface area contributed by atoms with E-state index in [0.29, 0.717) is 34.6 Å².